The van der Waals surface area contributed by atoms with Crippen LogP contribution in [0.15, 0.2) is 24.3 Å². The summed E-state index contributed by atoms with van der Waals surface area (Å²) in [5.74, 6) is 0.119. The Labute approximate surface area is 105 Å². The summed E-state index contributed by atoms with van der Waals surface area (Å²) in [5.41, 5.74) is 0.926. The molecule has 0 aliphatic rings. The maximum Gasteiger partial charge on any atom is 0.213 e. The molecule has 1 aromatic heterocycles. The third kappa shape index (κ3) is 2.65. The lowest BCUT2D eigenvalue weighted by atomic mass is 10.3. The van der Waals surface area contributed by atoms with E-state index in [2.05, 4.69) is 4.98 Å². The van der Waals surface area contributed by atoms with Gasteiger partial charge in [0.05, 0.1) is 22.5 Å². The molecule has 0 aliphatic carbocycles. The molecule has 92 valence electrons. The first-order chi connectivity index (χ1) is 8.03. The average Bonchev–Trinajstić information content (AvgIpc) is 2.70. The van der Waals surface area contributed by atoms with E-state index in [0.29, 0.717) is 6.54 Å². The Morgan fingerprint density at radius 3 is 2.71 bits per heavy atom. The van der Waals surface area contributed by atoms with Crippen molar-refractivity contribution in [2.45, 2.75) is 13.5 Å². The number of sulfonamides is 1. The van der Waals surface area contributed by atoms with E-state index >= 15 is 0 Å². The highest BCUT2D eigenvalue weighted by atomic mass is 32.2. The molecule has 0 aliphatic heterocycles. The second kappa shape index (κ2) is 4.72. The van der Waals surface area contributed by atoms with Crippen LogP contribution in [0.2, 0.25) is 0 Å². The lowest BCUT2D eigenvalue weighted by molar-refractivity contribution is 0.467. The van der Waals surface area contributed by atoms with Gasteiger partial charge in [0.1, 0.15) is 5.01 Å². The van der Waals surface area contributed by atoms with Crippen molar-refractivity contribution in [3.05, 3.63) is 29.3 Å². The van der Waals surface area contributed by atoms with E-state index in [1.807, 2.05) is 24.3 Å². The smallest absolute Gasteiger partial charge is 0.213 e. The second-order valence-corrected chi connectivity index (χ2v) is 7.21. The zero-order valence-electron chi connectivity index (χ0n) is 9.75. The van der Waals surface area contributed by atoms with E-state index in [1.54, 1.807) is 14.0 Å². The number of thiazole rings is 1. The highest BCUT2D eigenvalue weighted by molar-refractivity contribution is 7.89. The molecule has 0 radical (unpaired) electrons. The molecule has 0 atom stereocenters. The number of hydrogen-bond acceptors (Lipinski definition) is 4. The zero-order valence-corrected chi connectivity index (χ0v) is 11.4. The highest BCUT2D eigenvalue weighted by Gasteiger charge is 2.16. The van der Waals surface area contributed by atoms with E-state index in [0.717, 1.165) is 15.2 Å². The van der Waals surface area contributed by atoms with Gasteiger partial charge in [0.2, 0.25) is 10.0 Å². The van der Waals surface area contributed by atoms with Crippen LogP contribution in [0.4, 0.5) is 0 Å². The molecule has 0 fully saturated rings. The summed E-state index contributed by atoms with van der Waals surface area (Å²) in [4.78, 5) is 4.41. The van der Waals surface area contributed by atoms with Crippen molar-refractivity contribution in [1.82, 2.24) is 9.29 Å². The number of rotatable bonds is 4. The number of para-hydroxylation sites is 1. The zero-order chi connectivity index (χ0) is 12.5. The van der Waals surface area contributed by atoms with Gasteiger partial charge in [0.25, 0.3) is 0 Å². The van der Waals surface area contributed by atoms with E-state index in [9.17, 15) is 8.42 Å². The molecule has 0 unspecified atom stereocenters. The normalized spacial score (nSPS) is 12.4. The fraction of sp³-hybridized carbons (Fsp3) is 0.364. The van der Waals surface area contributed by atoms with Gasteiger partial charge in [0.15, 0.2) is 0 Å². The van der Waals surface area contributed by atoms with Gasteiger partial charge in [-0.1, -0.05) is 12.1 Å². The summed E-state index contributed by atoms with van der Waals surface area (Å²) in [6.45, 7) is 1.99. The number of nitrogens with zero attached hydrogens (tertiary/aromatic N) is 2. The Morgan fingerprint density at radius 2 is 2.06 bits per heavy atom. The number of aromatic nitrogens is 1. The van der Waals surface area contributed by atoms with Crippen LogP contribution in [-0.4, -0.2) is 30.5 Å². The summed E-state index contributed by atoms with van der Waals surface area (Å²) in [5, 5.41) is 0.825. The minimum Gasteiger partial charge on any atom is -0.240 e. The molecule has 2 rings (SSSR count). The summed E-state index contributed by atoms with van der Waals surface area (Å²) >= 11 is 1.53. The van der Waals surface area contributed by atoms with Gasteiger partial charge in [0, 0.05) is 7.05 Å². The van der Waals surface area contributed by atoms with E-state index in [1.165, 1.54) is 15.6 Å². The number of hydrogen-bond donors (Lipinski definition) is 0. The van der Waals surface area contributed by atoms with E-state index in [4.69, 9.17) is 0 Å². The maximum absolute atomic E-state index is 11.6. The molecule has 4 nitrogen and oxygen atoms in total. The quantitative estimate of drug-likeness (QED) is 0.854. The standard InChI is InChI=1S/C11H14N2O2S2/c1-3-17(14,15)13(2)8-11-12-9-6-4-5-7-10(9)16-11/h4-7H,3,8H2,1-2H3. The van der Waals surface area contributed by atoms with Gasteiger partial charge in [-0.3, -0.25) is 0 Å². The maximum atomic E-state index is 11.6. The largest absolute Gasteiger partial charge is 0.240 e. The minimum absolute atomic E-state index is 0.119. The molecule has 1 aromatic carbocycles. The third-order valence-electron chi connectivity index (χ3n) is 2.54. The fourth-order valence-corrected chi connectivity index (χ4v) is 3.36. The van der Waals surface area contributed by atoms with Crippen LogP contribution < -0.4 is 0 Å². The van der Waals surface area contributed by atoms with Crippen LogP contribution in [0.25, 0.3) is 10.2 Å². The van der Waals surface area contributed by atoms with Gasteiger partial charge >= 0.3 is 0 Å². The van der Waals surface area contributed by atoms with Crippen LogP contribution in [0.1, 0.15) is 11.9 Å². The predicted octanol–water partition coefficient (Wildman–Crippen LogP) is 2.08. The summed E-state index contributed by atoms with van der Waals surface area (Å²) in [7, 11) is -1.55. The van der Waals surface area contributed by atoms with Crippen LogP contribution in [-0.2, 0) is 16.6 Å². The third-order valence-corrected chi connectivity index (χ3v) is 5.37. The van der Waals surface area contributed by atoms with Crippen LogP contribution in [0.5, 0.6) is 0 Å². The van der Waals surface area contributed by atoms with Crippen LogP contribution >= 0.6 is 11.3 Å². The van der Waals surface area contributed by atoms with Crippen molar-refractivity contribution in [3.8, 4) is 0 Å². The Balaban J connectivity index is 2.24. The van der Waals surface area contributed by atoms with Crippen LogP contribution in [0, 0.1) is 0 Å². The number of fused-ring (bicyclic) bond motifs is 1. The van der Waals surface area contributed by atoms with E-state index in [-0.39, 0.29) is 5.75 Å². The molecule has 0 saturated carbocycles. The van der Waals surface area contributed by atoms with Gasteiger partial charge < -0.3 is 0 Å². The van der Waals surface area contributed by atoms with Crippen LogP contribution in [0.3, 0.4) is 0 Å². The molecule has 6 heteroatoms. The van der Waals surface area contributed by atoms with Gasteiger partial charge in [-0.25, -0.2) is 13.4 Å². The Bertz CT molecular complexity index is 586. The number of benzene rings is 1. The first-order valence-electron chi connectivity index (χ1n) is 5.31. The predicted molar refractivity (Wildman–Crippen MR) is 70.5 cm³/mol. The van der Waals surface area contributed by atoms with Crippen molar-refractivity contribution in [2.24, 2.45) is 0 Å². The van der Waals surface area contributed by atoms with Gasteiger partial charge in [-0.05, 0) is 19.1 Å². The lowest BCUT2D eigenvalue weighted by Gasteiger charge is -2.13. The molecule has 0 saturated heterocycles. The van der Waals surface area contributed by atoms with Crippen molar-refractivity contribution < 1.29 is 8.42 Å². The summed E-state index contributed by atoms with van der Waals surface area (Å²) < 4.78 is 25.7. The molecular formula is C11H14N2O2S2. The summed E-state index contributed by atoms with van der Waals surface area (Å²) in [6.07, 6.45) is 0. The SMILES string of the molecule is CCS(=O)(=O)N(C)Cc1nc2ccccc2s1. The highest BCUT2D eigenvalue weighted by Crippen LogP contribution is 2.22. The monoisotopic (exact) mass is 270 g/mol. The molecule has 0 bridgehead atoms. The molecule has 17 heavy (non-hydrogen) atoms. The second-order valence-electron chi connectivity index (χ2n) is 3.73. The van der Waals surface area contributed by atoms with Crippen molar-refractivity contribution in [2.75, 3.05) is 12.8 Å². The molecule has 2 aromatic rings. The molecule has 0 amide bonds. The first-order valence-corrected chi connectivity index (χ1v) is 7.74. The minimum atomic E-state index is -3.13. The lowest BCUT2D eigenvalue weighted by Crippen LogP contribution is -2.27. The Hall–Kier alpha value is -0.980. The van der Waals surface area contributed by atoms with Crippen molar-refractivity contribution >= 4 is 31.6 Å². The average molecular weight is 270 g/mol. The van der Waals surface area contributed by atoms with Crippen molar-refractivity contribution in [1.29, 1.82) is 0 Å². The van der Waals surface area contributed by atoms with Gasteiger partial charge in [-0.15, -0.1) is 11.3 Å². The fourth-order valence-electron chi connectivity index (χ4n) is 1.50. The first kappa shape index (κ1) is 12.5. The Kier molecular flexibility index (Phi) is 3.46. The molecular weight excluding hydrogens is 256 g/mol. The summed E-state index contributed by atoms with van der Waals surface area (Å²) in [6, 6.07) is 7.81. The molecule has 0 N–H and O–H groups in total. The van der Waals surface area contributed by atoms with Crippen molar-refractivity contribution in [3.63, 3.8) is 0 Å². The molecule has 1 heterocycles. The van der Waals surface area contributed by atoms with E-state index < -0.39 is 10.0 Å². The van der Waals surface area contributed by atoms with Gasteiger partial charge in [-0.2, -0.15) is 4.31 Å². The molecule has 0 spiro atoms. The topological polar surface area (TPSA) is 50.3 Å². The Morgan fingerprint density at radius 1 is 1.35 bits per heavy atom.